The highest BCUT2D eigenvalue weighted by molar-refractivity contribution is 7.99. The monoisotopic (exact) mass is 566 g/mol. The Bertz CT molecular complexity index is 1200. The van der Waals surface area contributed by atoms with E-state index in [9.17, 15) is 0 Å². The van der Waals surface area contributed by atoms with Gasteiger partial charge in [-0.05, 0) is 85.5 Å². The van der Waals surface area contributed by atoms with Crippen molar-refractivity contribution in [2.45, 2.75) is 114 Å². The highest BCUT2D eigenvalue weighted by Gasteiger charge is 2.27. The molecule has 2 heterocycles. The first-order chi connectivity index (χ1) is 18.6. The van der Waals surface area contributed by atoms with Gasteiger partial charge in [0, 0.05) is 9.79 Å². The lowest BCUT2D eigenvalue weighted by Crippen LogP contribution is -2.18. The van der Waals surface area contributed by atoms with Gasteiger partial charge in [0.15, 0.2) is 4.77 Å². The molecule has 0 saturated carbocycles. The van der Waals surface area contributed by atoms with E-state index >= 15 is 0 Å². The van der Waals surface area contributed by atoms with Crippen LogP contribution in [0, 0.1) is 9.54 Å². The number of aromatic nitrogens is 3. The summed E-state index contributed by atoms with van der Waals surface area (Å²) in [6.45, 7) is 4.55. The van der Waals surface area contributed by atoms with E-state index in [1.54, 1.807) is 0 Å². The molecule has 0 unspecified atom stereocenters. The summed E-state index contributed by atoms with van der Waals surface area (Å²) >= 11 is 12.7. The summed E-state index contributed by atoms with van der Waals surface area (Å²) in [4.78, 5) is 15.5. The van der Waals surface area contributed by atoms with Crippen molar-refractivity contribution >= 4 is 53.5 Å². The zero-order valence-electron chi connectivity index (χ0n) is 23.0. The standard InChI is InChI=1S/C31H42N4S3/c1-3-5-7-9-11-13-15-23-17-19-25-27(21-23)38-28-22-24(16-14-12-10-8-6-4-2)18-20-26(28)35(25)29-32-30(36)34-31(37)33-29/h17-22H,3-16H2,1-2H3,(H2,32,33,34,36,37). The van der Waals surface area contributed by atoms with Gasteiger partial charge in [0.05, 0.1) is 11.4 Å². The van der Waals surface area contributed by atoms with E-state index in [1.807, 2.05) is 11.8 Å². The van der Waals surface area contributed by atoms with Gasteiger partial charge >= 0.3 is 0 Å². The van der Waals surface area contributed by atoms with E-state index in [1.165, 1.54) is 98.0 Å². The van der Waals surface area contributed by atoms with Gasteiger partial charge in [-0.15, -0.1) is 0 Å². The van der Waals surface area contributed by atoms with Crippen LogP contribution >= 0.6 is 36.2 Å². The fraction of sp³-hybridized carbons (Fsp3) is 0.516. The minimum Gasteiger partial charge on any atom is -0.308 e. The Morgan fingerprint density at radius 1 is 0.684 bits per heavy atom. The van der Waals surface area contributed by atoms with Crippen LogP contribution in [0.25, 0.3) is 0 Å². The molecule has 0 saturated heterocycles. The van der Waals surface area contributed by atoms with Crippen LogP contribution < -0.4 is 4.90 Å². The third-order valence-corrected chi connectivity index (χ3v) is 8.74. The molecule has 0 amide bonds. The summed E-state index contributed by atoms with van der Waals surface area (Å²) in [6.07, 6.45) is 18.1. The average molecular weight is 567 g/mol. The molecule has 0 atom stereocenters. The largest absolute Gasteiger partial charge is 0.308 e. The van der Waals surface area contributed by atoms with E-state index in [0.29, 0.717) is 15.5 Å². The lowest BCUT2D eigenvalue weighted by atomic mass is 10.0. The summed E-state index contributed by atoms with van der Waals surface area (Å²) < 4.78 is 0.880. The fourth-order valence-corrected chi connectivity index (χ4v) is 6.77. The number of nitrogens with one attached hydrogen (secondary N) is 2. The van der Waals surface area contributed by atoms with Crippen LogP contribution in [0.5, 0.6) is 0 Å². The molecule has 0 aliphatic carbocycles. The van der Waals surface area contributed by atoms with Gasteiger partial charge in [-0.2, -0.15) is 4.98 Å². The van der Waals surface area contributed by atoms with Gasteiger partial charge in [0.2, 0.25) is 10.7 Å². The topological polar surface area (TPSA) is 47.7 Å². The number of rotatable bonds is 15. The molecular formula is C31H42N4S3. The Morgan fingerprint density at radius 2 is 1.18 bits per heavy atom. The molecular weight excluding hydrogens is 525 g/mol. The van der Waals surface area contributed by atoms with Crippen molar-refractivity contribution in [3.05, 3.63) is 57.1 Å². The molecule has 2 N–H and O–H groups in total. The summed E-state index contributed by atoms with van der Waals surface area (Å²) in [5, 5.41) is 0. The Kier molecular flexibility index (Phi) is 11.5. The first-order valence-corrected chi connectivity index (χ1v) is 16.2. The molecule has 3 aromatic rings. The molecule has 1 aliphatic rings. The van der Waals surface area contributed by atoms with Crippen LogP contribution in [0.2, 0.25) is 0 Å². The van der Waals surface area contributed by atoms with Crippen LogP contribution in [0.3, 0.4) is 0 Å². The van der Waals surface area contributed by atoms with Gasteiger partial charge in [0.25, 0.3) is 0 Å². The SMILES string of the molecule is CCCCCCCCc1ccc2c(c1)Sc1cc(CCCCCCCC)ccc1N2c1nc(=S)[nH]c(=S)[nH]1. The van der Waals surface area contributed by atoms with Crippen molar-refractivity contribution in [3.8, 4) is 0 Å². The maximum Gasteiger partial charge on any atom is 0.217 e. The molecule has 2 aromatic carbocycles. The number of aromatic amines is 2. The van der Waals surface area contributed by atoms with Gasteiger partial charge in [-0.25, -0.2) is 0 Å². The molecule has 1 aromatic heterocycles. The minimum absolute atomic E-state index is 0.393. The molecule has 4 rings (SSSR count). The molecule has 0 bridgehead atoms. The van der Waals surface area contributed by atoms with Crippen LogP contribution in [0.4, 0.5) is 17.3 Å². The predicted molar refractivity (Wildman–Crippen MR) is 168 cm³/mol. The molecule has 0 fully saturated rings. The highest BCUT2D eigenvalue weighted by atomic mass is 32.2. The normalized spacial score (nSPS) is 12.4. The lowest BCUT2D eigenvalue weighted by molar-refractivity contribution is 0.607. The average Bonchev–Trinajstić information content (AvgIpc) is 2.90. The van der Waals surface area contributed by atoms with Crippen molar-refractivity contribution in [1.29, 1.82) is 0 Å². The van der Waals surface area contributed by atoms with Gasteiger partial charge in [0.1, 0.15) is 0 Å². The number of hydrogen-bond acceptors (Lipinski definition) is 5. The first-order valence-electron chi connectivity index (χ1n) is 14.5. The summed E-state index contributed by atoms with van der Waals surface area (Å²) in [6, 6.07) is 13.8. The second-order valence-electron chi connectivity index (χ2n) is 10.4. The van der Waals surface area contributed by atoms with Gasteiger partial charge in [-0.1, -0.05) is 102 Å². The summed E-state index contributed by atoms with van der Waals surface area (Å²) in [5.41, 5.74) is 5.06. The number of unbranched alkanes of at least 4 members (excludes halogenated alkanes) is 10. The first kappa shape index (κ1) is 29.0. The van der Waals surface area contributed by atoms with Crippen molar-refractivity contribution in [1.82, 2.24) is 15.0 Å². The van der Waals surface area contributed by atoms with Crippen LogP contribution in [0.1, 0.15) is 102 Å². The zero-order valence-corrected chi connectivity index (χ0v) is 25.4. The van der Waals surface area contributed by atoms with Crippen molar-refractivity contribution < 1.29 is 0 Å². The Labute approximate surface area is 243 Å². The number of H-pyrrole nitrogens is 2. The van der Waals surface area contributed by atoms with Crippen molar-refractivity contribution in [3.63, 3.8) is 0 Å². The number of benzene rings is 2. The van der Waals surface area contributed by atoms with E-state index in [-0.39, 0.29) is 0 Å². The lowest BCUT2D eigenvalue weighted by Gasteiger charge is -2.32. The van der Waals surface area contributed by atoms with Crippen LogP contribution in [0.15, 0.2) is 46.2 Å². The quantitative estimate of drug-likeness (QED) is 0.111. The minimum atomic E-state index is 0.393. The Hall–Kier alpha value is -1.96. The molecule has 1 aliphatic heterocycles. The number of fused-ring (bicyclic) bond motifs is 2. The van der Waals surface area contributed by atoms with E-state index in [2.05, 4.69) is 70.1 Å². The zero-order chi connectivity index (χ0) is 26.7. The smallest absolute Gasteiger partial charge is 0.217 e. The molecule has 7 heteroatoms. The second kappa shape index (κ2) is 15.0. The van der Waals surface area contributed by atoms with E-state index in [0.717, 1.165) is 24.2 Å². The Balaban J connectivity index is 1.56. The van der Waals surface area contributed by atoms with E-state index < -0.39 is 0 Å². The maximum atomic E-state index is 5.42. The number of aryl methyl sites for hydroxylation is 2. The maximum absolute atomic E-state index is 5.42. The molecule has 0 radical (unpaired) electrons. The molecule has 204 valence electrons. The predicted octanol–water partition coefficient (Wildman–Crippen LogP) is 10.9. The van der Waals surface area contributed by atoms with Crippen LogP contribution in [-0.2, 0) is 12.8 Å². The molecule has 4 nitrogen and oxygen atoms in total. The third-order valence-electron chi connectivity index (χ3n) is 7.25. The Morgan fingerprint density at radius 3 is 1.68 bits per heavy atom. The van der Waals surface area contributed by atoms with Gasteiger partial charge < -0.3 is 9.97 Å². The second-order valence-corrected chi connectivity index (χ2v) is 12.3. The fourth-order valence-electron chi connectivity index (χ4n) is 5.14. The number of nitrogens with zero attached hydrogens (tertiary/aromatic N) is 2. The molecule has 0 spiro atoms. The van der Waals surface area contributed by atoms with Crippen molar-refractivity contribution in [2.75, 3.05) is 4.90 Å². The third kappa shape index (κ3) is 8.03. The van der Waals surface area contributed by atoms with Crippen molar-refractivity contribution in [2.24, 2.45) is 0 Å². The van der Waals surface area contributed by atoms with E-state index in [4.69, 9.17) is 24.4 Å². The molecule has 38 heavy (non-hydrogen) atoms. The summed E-state index contributed by atoms with van der Waals surface area (Å²) in [7, 11) is 0. The van der Waals surface area contributed by atoms with Gasteiger partial charge in [-0.3, -0.25) is 4.90 Å². The number of anilines is 3. The highest BCUT2D eigenvalue weighted by Crippen LogP contribution is 2.51. The van der Waals surface area contributed by atoms with Crippen LogP contribution in [-0.4, -0.2) is 15.0 Å². The summed E-state index contributed by atoms with van der Waals surface area (Å²) in [5.74, 6) is 0.661. The number of hydrogen-bond donors (Lipinski definition) is 2.